The number of aliphatic imine (C=N–C) groups is 1. The zero-order chi connectivity index (χ0) is 16.5. The van der Waals surface area contributed by atoms with Gasteiger partial charge in [0.15, 0.2) is 5.96 Å². The summed E-state index contributed by atoms with van der Waals surface area (Å²) >= 11 is 0. The van der Waals surface area contributed by atoms with Crippen LogP contribution in [0.1, 0.15) is 38.3 Å². The fourth-order valence-electron chi connectivity index (χ4n) is 2.99. The predicted molar refractivity (Wildman–Crippen MR) is 113 cm³/mol. The Hall–Kier alpha value is -0.700. The Balaban J connectivity index is 0.00000288. The van der Waals surface area contributed by atoms with Gasteiger partial charge in [-0.2, -0.15) is 0 Å². The molecule has 2 N–H and O–H groups in total. The normalized spacial score (nSPS) is 22.3. The molecule has 3 unspecified atom stereocenters. The first-order valence-electron chi connectivity index (χ1n) is 8.47. The van der Waals surface area contributed by atoms with Crippen LogP contribution in [-0.2, 0) is 17.2 Å². The summed E-state index contributed by atoms with van der Waals surface area (Å²) in [5.74, 6) is 1.59. The summed E-state index contributed by atoms with van der Waals surface area (Å²) in [5, 5.41) is 7.16. The minimum absolute atomic E-state index is 0. The smallest absolute Gasteiger partial charge is 0.191 e. The molecule has 0 spiro atoms. The van der Waals surface area contributed by atoms with E-state index in [1.54, 1.807) is 7.05 Å². The number of guanidine groups is 1. The van der Waals surface area contributed by atoms with Crippen LogP contribution in [0.4, 0.5) is 0 Å². The van der Waals surface area contributed by atoms with E-state index in [9.17, 15) is 4.21 Å². The van der Waals surface area contributed by atoms with Crippen molar-refractivity contribution >= 4 is 40.7 Å². The van der Waals surface area contributed by atoms with Crippen molar-refractivity contribution in [1.29, 1.82) is 0 Å². The van der Waals surface area contributed by atoms with Crippen LogP contribution in [0.2, 0.25) is 0 Å². The lowest BCUT2D eigenvalue weighted by molar-refractivity contribution is 0.413. The first-order chi connectivity index (χ1) is 11.2. The maximum absolute atomic E-state index is 12.0. The van der Waals surface area contributed by atoms with Gasteiger partial charge in [0.25, 0.3) is 0 Å². The van der Waals surface area contributed by atoms with Gasteiger partial charge in [-0.15, -0.1) is 24.0 Å². The van der Waals surface area contributed by atoms with Crippen LogP contribution in [0, 0.1) is 0 Å². The SMILES string of the molecule is CCS(=O)C1CCCC(NC(=NC)NCCc2ccccn2)C1.I. The quantitative estimate of drug-likeness (QED) is 0.386. The van der Waals surface area contributed by atoms with Crippen LogP contribution in [0.15, 0.2) is 29.4 Å². The highest BCUT2D eigenvalue weighted by atomic mass is 127. The summed E-state index contributed by atoms with van der Waals surface area (Å²) in [7, 11) is 1.10. The Kier molecular flexibility index (Phi) is 10.5. The Bertz CT molecular complexity index is 527. The number of hydrogen-bond acceptors (Lipinski definition) is 3. The van der Waals surface area contributed by atoms with Crippen molar-refractivity contribution in [1.82, 2.24) is 15.6 Å². The molecule has 0 amide bonds. The van der Waals surface area contributed by atoms with Crippen LogP contribution >= 0.6 is 24.0 Å². The molecule has 1 aliphatic carbocycles. The molecular weight excluding hydrogens is 435 g/mol. The highest BCUT2D eigenvalue weighted by Crippen LogP contribution is 2.22. The van der Waals surface area contributed by atoms with Crippen molar-refractivity contribution in [2.45, 2.75) is 50.3 Å². The fourth-order valence-corrected chi connectivity index (χ4v) is 4.34. The summed E-state index contributed by atoms with van der Waals surface area (Å²) in [4.78, 5) is 8.62. The number of rotatable bonds is 6. The molecule has 3 atom stereocenters. The monoisotopic (exact) mass is 464 g/mol. The average Bonchev–Trinajstić information content (AvgIpc) is 2.61. The number of hydrogen-bond donors (Lipinski definition) is 2. The van der Waals surface area contributed by atoms with E-state index < -0.39 is 10.8 Å². The molecule has 1 aliphatic rings. The number of aromatic nitrogens is 1. The van der Waals surface area contributed by atoms with Gasteiger partial charge in [-0.25, -0.2) is 0 Å². The van der Waals surface area contributed by atoms with Gasteiger partial charge < -0.3 is 10.6 Å². The van der Waals surface area contributed by atoms with E-state index in [1.807, 2.05) is 31.3 Å². The van der Waals surface area contributed by atoms with E-state index in [1.165, 1.54) is 0 Å². The molecule has 5 nitrogen and oxygen atoms in total. The van der Waals surface area contributed by atoms with Gasteiger partial charge in [-0.1, -0.05) is 19.4 Å². The van der Waals surface area contributed by atoms with Crippen molar-refractivity contribution in [3.05, 3.63) is 30.1 Å². The van der Waals surface area contributed by atoms with E-state index in [0.29, 0.717) is 11.3 Å². The predicted octanol–water partition coefficient (Wildman–Crippen LogP) is 2.49. The third kappa shape index (κ3) is 7.04. The highest BCUT2D eigenvalue weighted by molar-refractivity contribution is 14.0. The molecule has 1 fully saturated rings. The standard InChI is InChI=1S/C17H28N4OS.HI/c1-3-23(22)16-9-6-8-15(13-16)21-17(18-2)20-12-10-14-7-4-5-11-19-14;/h4-5,7,11,15-16H,3,6,8-10,12-13H2,1-2H3,(H2,18,20,21);1H. The average molecular weight is 464 g/mol. The third-order valence-corrected chi connectivity index (χ3v) is 5.99. The van der Waals surface area contributed by atoms with Gasteiger partial charge in [0, 0.05) is 59.7 Å². The molecule has 7 heteroatoms. The summed E-state index contributed by atoms with van der Waals surface area (Å²) in [6, 6.07) is 6.33. The summed E-state index contributed by atoms with van der Waals surface area (Å²) in [6.07, 6.45) is 7.01. The molecule has 0 aliphatic heterocycles. The molecule has 1 saturated carbocycles. The summed E-state index contributed by atoms with van der Waals surface area (Å²) in [5.41, 5.74) is 1.08. The van der Waals surface area contributed by atoms with E-state index in [2.05, 4.69) is 20.6 Å². The lowest BCUT2D eigenvalue weighted by atomic mass is 9.95. The molecule has 0 aromatic carbocycles. The maximum Gasteiger partial charge on any atom is 0.191 e. The van der Waals surface area contributed by atoms with Crippen LogP contribution in [0.25, 0.3) is 0 Å². The van der Waals surface area contributed by atoms with Gasteiger partial charge in [-0.05, 0) is 31.4 Å². The van der Waals surface area contributed by atoms with Gasteiger partial charge in [0.1, 0.15) is 0 Å². The van der Waals surface area contributed by atoms with Crippen LogP contribution < -0.4 is 10.6 Å². The van der Waals surface area contributed by atoms with Crippen molar-refractivity contribution in [3.8, 4) is 0 Å². The summed E-state index contributed by atoms with van der Waals surface area (Å²) < 4.78 is 12.0. The molecule has 24 heavy (non-hydrogen) atoms. The second-order valence-electron chi connectivity index (χ2n) is 5.87. The van der Waals surface area contributed by atoms with Crippen molar-refractivity contribution < 1.29 is 4.21 Å². The summed E-state index contributed by atoms with van der Waals surface area (Å²) in [6.45, 7) is 2.80. The van der Waals surface area contributed by atoms with E-state index in [-0.39, 0.29) is 24.0 Å². The second-order valence-corrected chi connectivity index (χ2v) is 7.87. The van der Waals surface area contributed by atoms with Crippen molar-refractivity contribution in [2.24, 2.45) is 4.99 Å². The maximum atomic E-state index is 12.0. The minimum Gasteiger partial charge on any atom is -0.356 e. The Labute approximate surface area is 165 Å². The second kappa shape index (κ2) is 11.8. The van der Waals surface area contributed by atoms with Crippen LogP contribution in [0.3, 0.4) is 0 Å². The number of nitrogens with one attached hydrogen (secondary N) is 2. The number of halogens is 1. The van der Waals surface area contributed by atoms with E-state index in [4.69, 9.17) is 0 Å². The topological polar surface area (TPSA) is 66.4 Å². The molecule has 1 aromatic heterocycles. The Morgan fingerprint density at radius 3 is 2.92 bits per heavy atom. The molecule has 2 rings (SSSR count). The van der Waals surface area contributed by atoms with Crippen LogP contribution in [-0.4, -0.2) is 45.8 Å². The van der Waals surface area contributed by atoms with Gasteiger partial charge in [0.05, 0.1) is 0 Å². The largest absolute Gasteiger partial charge is 0.356 e. The Morgan fingerprint density at radius 1 is 1.42 bits per heavy atom. The fraction of sp³-hybridized carbons (Fsp3) is 0.647. The molecule has 1 aromatic rings. The Morgan fingerprint density at radius 2 is 2.25 bits per heavy atom. The van der Waals surface area contributed by atoms with Crippen molar-refractivity contribution in [2.75, 3.05) is 19.3 Å². The van der Waals surface area contributed by atoms with Crippen LogP contribution in [0.5, 0.6) is 0 Å². The zero-order valence-corrected chi connectivity index (χ0v) is 17.7. The van der Waals surface area contributed by atoms with Gasteiger partial charge in [-0.3, -0.25) is 14.2 Å². The molecule has 0 saturated heterocycles. The molecule has 136 valence electrons. The molecular formula is C17H29IN4OS. The highest BCUT2D eigenvalue weighted by Gasteiger charge is 2.25. The minimum atomic E-state index is -0.690. The first kappa shape index (κ1) is 21.3. The first-order valence-corrected chi connectivity index (χ1v) is 9.85. The van der Waals surface area contributed by atoms with Crippen molar-refractivity contribution in [3.63, 3.8) is 0 Å². The van der Waals surface area contributed by atoms with E-state index >= 15 is 0 Å². The lowest BCUT2D eigenvalue weighted by Gasteiger charge is -2.30. The van der Waals surface area contributed by atoms with Gasteiger partial charge >= 0.3 is 0 Å². The molecule has 1 heterocycles. The number of pyridine rings is 1. The zero-order valence-electron chi connectivity index (χ0n) is 14.5. The third-order valence-electron chi connectivity index (χ3n) is 4.25. The number of nitrogens with zero attached hydrogens (tertiary/aromatic N) is 2. The molecule has 0 bridgehead atoms. The molecule has 0 radical (unpaired) electrons. The van der Waals surface area contributed by atoms with Gasteiger partial charge in [0.2, 0.25) is 0 Å². The lowest BCUT2D eigenvalue weighted by Crippen LogP contribution is -2.47. The van der Waals surface area contributed by atoms with E-state index in [0.717, 1.165) is 56.1 Å².